The molecule has 6 nitrogen and oxygen atoms in total. The molecule has 3 N–H and O–H groups in total. The number of carbonyl (C=O) groups is 3. The van der Waals surface area contributed by atoms with Crippen molar-refractivity contribution in [3.63, 3.8) is 0 Å². The summed E-state index contributed by atoms with van der Waals surface area (Å²) in [5.74, 6) is -0.424. The lowest BCUT2D eigenvalue weighted by molar-refractivity contribution is -0.143. The van der Waals surface area contributed by atoms with Crippen molar-refractivity contribution in [3.8, 4) is 11.1 Å². The van der Waals surface area contributed by atoms with Crippen molar-refractivity contribution < 1.29 is 19.5 Å². The Labute approximate surface area is 210 Å². The lowest BCUT2D eigenvalue weighted by Crippen LogP contribution is -2.64. The van der Waals surface area contributed by atoms with Crippen molar-refractivity contribution in [2.24, 2.45) is 5.92 Å². The number of rotatable bonds is 9. The Morgan fingerprint density at radius 1 is 1.00 bits per heavy atom. The molecular weight excluding hydrogens is 468 g/mol. The van der Waals surface area contributed by atoms with Gasteiger partial charge in [0.2, 0.25) is 11.8 Å². The van der Waals surface area contributed by atoms with Crippen LogP contribution in [0, 0.1) is 5.92 Å². The molecule has 0 aromatic heterocycles. The first-order valence-electron chi connectivity index (χ1n) is 11.5. The normalized spacial score (nSPS) is 16.9. The van der Waals surface area contributed by atoms with Crippen LogP contribution >= 0.6 is 24.4 Å². The summed E-state index contributed by atoms with van der Waals surface area (Å²) < 4.78 is 0. The smallest absolute Gasteiger partial charge is 0.326 e. The van der Waals surface area contributed by atoms with Gasteiger partial charge in [-0.2, -0.15) is 24.4 Å². The van der Waals surface area contributed by atoms with E-state index in [0.29, 0.717) is 24.3 Å². The third-order valence-corrected chi connectivity index (χ3v) is 7.96. The van der Waals surface area contributed by atoms with Crippen molar-refractivity contribution in [2.45, 2.75) is 49.9 Å². The van der Waals surface area contributed by atoms with Gasteiger partial charge < -0.3 is 15.7 Å². The quantitative estimate of drug-likeness (QED) is 0.393. The number of thiol groups is 1. The van der Waals surface area contributed by atoms with Crippen LogP contribution in [0.2, 0.25) is 0 Å². The van der Waals surface area contributed by atoms with Gasteiger partial charge in [-0.15, -0.1) is 0 Å². The van der Waals surface area contributed by atoms with E-state index in [1.165, 1.54) is 0 Å². The highest BCUT2D eigenvalue weighted by Gasteiger charge is 2.43. The van der Waals surface area contributed by atoms with Gasteiger partial charge in [0.15, 0.2) is 0 Å². The summed E-state index contributed by atoms with van der Waals surface area (Å²) in [7, 11) is 0. The van der Waals surface area contributed by atoms with Crippen LogP contribution in [0.4, 0.5) is 0 Å². The summed E-state index contributed by atoms with van der Waals surface area (Å²) in [4.78, 5) is 38.1. The van der Waals surface area contributed by atoms with Crippen LogP contribution in [0.3, 0.4) is 0 Å². The molecule has 182 valence electrons. The van der Waals surface area contributed by atoms with E-state index in [1.807, 2.05) is 68.4 Å². The number of aliphatic carboxylic acids is 1. The molecule has 1 aliphatic heterocycles. The maximum Gasteiger partial charge on any atom is 0.326 e. The molecule has 0 saturated carbocycles. The molecule has 3 rings (SSSR count). The highest BCUT2D eigenvalue weighted by atomic mass is 32.2. The summed E-state index contributed by atoms with van der Waals surface area (Å²) in [6.07, 6.45) is 1.05. The van der Waals surface area contributed by atoms with Crippen molar-refractivity contribution in [1.82, 2.24) is 10.6 Å². The third-order valence-electron chi connectivity index (χ3n) is 6.15. The number of carbonyl (C=O) groups excluding carboxylic acids is 2. The van der Waals surface area contributed by atoms with E-state index in [1.54, 1.807) is 11.8 Å². The van der Waals surface area contributed by atoms with Crippen LogP contribution in [0.15, 0.2) is 54.6 Å². The average molecular weight is 501 g/mol. The van der Waals surface area contributed by atoms with Crippen LogP contribution < -0.4 is 10.6 Å². The maximum atomic E-state index is 13.4. The molecule has 0 aliphatic carbocycles. The SMILES string of the molecule is CC(C)[C@H](S)C(=O)NC1(C(=O)N[C@@H](Cc2ccc(-c3ccccc3)cc2)C(=O)O)CCSCC1. The van der Waals surface area contributed by atoms with Gasteiger partial charge in [-0.3, -0.25) is 9.59 Å². The molecule has 1 fully saturated rings. The zero-order chi connectivity index (χ0) is 24.7. The van der Waals surface area contributed by atoms with Crippen molar-refractivity contribution in [1.29, 1.82) is 0 Å². The number of nitrogens with one attached hydrogen (secondary N) is 2. The Bertz CT molecular complexity index is 990. The molecule has 0 unspecified atom stereocenters. The van der Waals surface area contributed by atoms with Gasteiger partial charge in [0, 0.05) is 6.42 Å². The molecule has 0 bridgehead atoms. The molecule has 0 radical (unpaired) electrons. The predicted molar refractivity (Wildman–Crippen MR) is 140 cm³/mol. The first-order valence-corrected chi connectivity index (χ1v) is 13.1. The third kappa shape index (κ3) is 6.57. The number of hydrogen-bond acceptors (Lipinski definition) is 5. The number of benzene rings is 2. The topological polar surface area (TPSA) is 95.5 Å². The van der Waals surface area contributed by atoms with Gasteiger partial charge in [0.05, 0.1) is 5.25 Å². The van der Waals surface area contributed by atoms with Crippen molar-refractivity contribution >= 4 is 42.2 Å². The molecule has 2 amide bonds. The Kier molecular flexibility index (Phi) is 9.08. The summed E-state index contributed by atoms with van der Waals surface area (Å²) in [6, 6.07) is 16.5. The second-order valence-electron chi connectivity index (χ2n) is 9.00. The second-order valence-corrected chi connectivity index (χ2v) is 10.8. The number of carboxylic acid groups (broad SMARTS) is 1. The predicted octanol–water partition coefficient (Wildman–Crippen LogP) is 3.80. The first kappa shape index (κ1) is 26.2. The summed E-state index contributed by atoms with van der Waals surface area (Å²) in [5.41, 5.74) is 1.80. The van der Waals surface area contributed by atoms with E-state index in [4.69, 9.17) is 0 Å². The number of hydrogen-bond donors (Lipinski definition) is 4. The summed E-state index contributed by atoms with van der Waals surface area (Å²) in [5, 5.41) is 14.9. The average Bonchev–Trinajstić information content (AvgIpc) is 2.84. The largest absolute Gasteiger partial charge is 0.480 e. The van der Waals surface area contributed by atoms with E-state index in [0.717, 1.165) is 16.7 Å². The van der Waals surface area contributed by atoms with E-state index >= 15 is 0 Å². The summed E-state index contributed by atoms with van der Waals surface area (Å²) >= 11 is 6.10. The monoisotopic (exact) mass is 500 g/mol. The van der Waals surface area contributed by atoms with Crippen molar-refractivity contribution in [3.05, 3.63) is 60.2 Å². The molecule has 0 spiro atoms. The minimum Gasteiger partial charge on any atom is -0.480 e. The van der Waals surface area contributed by atoms with Gasteiger partial charge >= 0.3 is 5.97 Å². The lowest BCUT2D eigenvalue weighted by atomic mass is 9.89. The van der Waals surface area contributed by atoms with Crippen molar-refractivity contribution in [2.75, 3.05) is 11.5 Å². The molecule has 2 aromatic carbocycles. The first-order chi connectivity index (χ1) is 16.2. The van der Waals surface area contributed by atoms with Crippen LogP contribution in [-0.2, 0) is 20.8 Å². The standard InChI is InChI=1S/C26H32N2O4S2/c1-17(2)22(33)23(29)28-26(12-14-34-15-13-26)25(32)27-21(24(30)31)16-18-8-10-20(11-9-18)19-6-4-3-5-7-19/h3-11,17,21-22,33H,12-16H2,1-2H3,(H,27,32)(H,28,29)(H,30,31)/t21-,22-/m0/s1. The van der Waals surface area contributed by atoms with E-state index in [9.17, 15) is 19.5 Å². The van der Waals surface area contributed by atoms with Crippen LogP contribution in [0.25, 0.3) is 11.1 Å². The highest BCUT2D eigenvalue weighted by molar-refractivity contribution is 7.99. The number of amides is 2. The molecule has 1 aliphatic rings. The van der Waals surface area contributed by atoms with Gasteiger partial charge in [-0.05, 0) is 47.0 Å². The lowest BCUT2D eigenvalue weighted by Gasteiger charge is -2.38. The fraction of sp³-hybridized carbons (Fsp3) is 0.423. The minimum atomic E-state index is -1.12. The maximum absolute atomic E-state index is 13.4. The van der Waals surface area contributed by atoms with Gasteiger partial charge in [-0.1, -0.05) is 68.4 Å². The molecule has 2 aromatic rings. The Morgan fingerprint density at radius 2 is 1.59 bits per heavy atom. The molecule has 2 atom stereocenters. The molecule has 1 saturated heterocycles. The van der Waals surface area contributed by atoms with E-state index < -0.39 is 28.7 Å². The molecule has 1 heterocycles. The van der Waals surface area contributed by atoms with Crippen LogP contribution in [-0.4, -0.2) is 51.2 Å². The van der Waals surface area contributed by atoms with Gasteiger partial charge in [0.1, 0.15) is 11.6 Å². The fourth-order valence-corrected chi connectivity index (χ4v) is 5.19. The van der Waals surface area contributed by atoms with Gasteiger partial charge in [0.25, 0.3) is 0 Å². The number of carboxylic acids is 1. The molecule has 34 heavy (non-hydrogen) atoms. The zero-order valence-electron chi connectivity index (χ0n) is 19.5. The van der Waals surface area contributed by atoms with E-state index in [-0.39, 0.29) is 18.2 Å². The fourth-order valence-electron chi connectivity index (χ4n) is 3.94. The zero-order valence-corrected chi connectivity index (χ0v) is 21.2. The highest BCUT2D eigenvalue weighted by Crippen LogP contribution is 2.29. The number of thioether (sulfide) groups is 1. The molecule has 8 heteroatoms. The van der Waals surface area contributed by atoms with Crippen LogP contribution in [0.1, 0.15) is 32.3 Å². The van der Waals surface area contributed by atoms with Crippen LogP contribution in [0.5, 0.6) is 0 Å². The van der Waals surface area contributed by atoms with E-state index in [2.05, 4.69) is 23.3 Å². The second kappa shape index (κ2) is 11.8. The Hall–Kier alpha value is -2.45. The Balaban J connectivity index is 1.73. The van der Waals surface area contributed by atoms with Gasteiger partial charge in [-0.25, -0.2) is 4.79 Å². The summed E-state index contributed by atoms with van der Waals surface area (Å²) in [6.45, 7) is 3.79. The Morgan fingerprint density at radius 3 is 2.15 bits per heavy atom. The minimum absolute atomic E-state index is 0.00651. The molecular formula is C26H32N2O4S2.